The molecule has 5 rings (SSSR count). The molecule has 33 heavy (non-hydrogen) atoms. The summed E-state index contributed by atoms with van der Waals surface area (Å²) in [6.45, 7) is 5.05. The second kappa shape index (κ2) is 8.83. The van der Waals surface area contributed by atoms with Crippen molar-refractivity contribution < 1.29 is 18.6 Å². The summed E-state index contributed by atoms with van der Waals surface area (Å²) in [6, 6.07) is 15.7. The monoisotopic (exact) mass is 467 g/mol. The number of hydrogen-bond acceptors (Lipinski definition) is 5. The first-order valence-electron chi connectivity index (χ1n) is 10.8. The predicted molar refractivity (Wildman–Crippen MR) is 127 cm³/mol. The molecule has 3 heterocycles. The number of anilines is 2. The summed E-state index contributed by atoms with van der Waals surface area (Å²) in [4.78, 5) is 4.72. The molecule has 8 heteroatoms. The molecule has 0 saturated carbocycles. The SMILES string of the molecule is CCC(C)Oc1cccc2nc(-c3c(F)cccc3Cl)c(Nc3ccc4c(c3)OCCO4)n12. The Hall–Kier alpha value is -3.45. The van der Waals surface area contributed by atoms with Crippen molar-refractivity contribution in [2.24, 2.45) is 0 Å². The minimum Gasteiger partial charge on any atom is -0.486 e. The Morgan fingerprint density at radius 1 is 1.12 bits per heavy atom. The Kier molecular flexibility index (Phi) is 5.72. The van der Waals surface area contributed by atoms with Crippen LogP contribution in [-0.2, 0) is 0 Å². The van der Waals surface area contributed by atoms with E-state index in [-0.39, 0.29) is 16.7 Å². The van der Waals surface area contributed by atoms with E-state index in [2.05, 4.69) is 12.2 Å². The van der Waals surface area contributed by atoms with Crippen molar-refractivity contribution in [3.8, 4) is 28.6 Å². The van der Waals surface area contributed by atoms with Gasteiger partial charge in [0, 0.05) is 11.8 Å². The van der Waals surface area contributed by atoms with Crippen LogP contribution in [0.25, 0.3) is 16.9 Å². The molecule has 1 N–H and O–H groups in total. The van der Waals surface area contributed by atoms with Gasteiger partial charge >= 0.3 is 0 Å². The van der Waals surface area contributed by atoms with Gasteiger partial charge in [-0.1, -0.05) is 30.7 Å². The molecule has 2 aromatic heterocycles. The molecule has 170 valence electrons. The van der Waals surface area contributed by atoms with E-state index >= 15 is 0 Å². The number of imidazole rings is 1. The van der Waals surface area contributed by atoms with Gasteiger partial charge in [-0.15, -0.1) is 0 Å². The van der Waals surface area contributed by atoms with E-state index in [9.17, 15) is 4.39 Å². The molecule has 0 bridgehead atoms. The van der Waals surface area contributed by atoms with Gasteiger partial charge < -0.3 is 19.5 Å². The van der Waals surface area contributed by atoms with Crippen LogP contribution in [0.5, 0.6) is 17.4 Å². The van der Waals surface area contributed by atoms with E-state index in [0.717, 1.165) is 12.1 Å². The molecule has 1 unspecified atom stereocenters. The zero-order chi connectivity index (χ0) is 22.9. The van der Waals surface area contributed by atoms with Crippen LogP contribution < -0.4 is 19.5 Å². The fourth-order valence-electron chi connectivity index (χ4n) is 3.72. The zero-order valence-corrected chi connectivity index (χ0v) is 19.0. The molecule has 1 aliphatic rings. The van der Waals surface area contributed by atoms with E-state index in [4.69, 9.17) is 30.8 Å². The highest BCUT2D eigenvalue weighted by Gasteiger charge is 2.23. The number of pyridine rings is 1. The van der Waals surface area contributed by atoms with E-state index < -0.39 is 5.82 Å². The molecule has 0 spiro atoms. The van der Waals surface area contributed by atoms with Gasteiger partial charge in [0.2, 0.25) is 5.88 Å². The van der Waals surface area contributed by atoms with E-state index in [1.807, 2.05) is 47.7 Å². The van der Waals surface area contributed by atoms with Gasteiger partial charge in [-0.3, -0.25) is 0 Å². The Labute approximate surface area is 195 Å². The fraction of sp³-hybridized carbons (Fsp3) is 0.240. The van der Waals surface area contributed by atoms with E-state index in [1.54, 1.807) is 12.1 Å². The number of aromatic nitrogens is 2. The highest BCUT2D eigenvalue weighted by atomic mass is 35.5. The first-order chi connectivity index (χ1) is 16.0. The zero-order valence-electron chi connectivity index (χ0n) is 18.3. The minimum atomic E-state index is -0.458. The second-order valence-corrected chi connectivity index (χ2v) is 8.19. The summed E-state index contributed by atoms with van der Waals surface area (Å²) in [5.74, 6) is 1.99. The number of nitrogens with zero attached hydrogens (tertiary/aromatic N) is 2. The van der Waals surface area contributed by atoms with Gasteiger partial charge in [-0.05, 0) is 49.7 Å². The Balaban J connectivity index is 1.70. The van der Waals surface area contributed by atoms with Gasteiger partial charge in [-0.2, -0.15) is 0 Å². The lowest BCUT2D eigenvalue weighted by Gasteiger charge is -2.20. The normalized spacial score (nSPS) is 13.7. The summed E-state index contributed by atoms with van der Waals surface area (Å²) in [5.41, 5.74) is 1.93. The largest absolute Gasteiger partial charge is 0.486 e. The summed E-state index contributed by atoms with van der Waals surface area (Å²) in [6.07, 6.45) is 0.822. The summed E-state index contributed by atoms with van der Waals surface area (Å²) in [7, 11) is 0. The molecule has 2 aromatic carbocycles. The molecule has 0 fully saturated rings. The Morgan fingerprint density at radius 3 is 2.70 bits per heavy atom. The molecule has 4 aromatic rings. The second-order valence-electron chi connectivity index (χ2n) is 7.78. The van der Waals surface area contributed by atoms with Crippen molar-refractivity contribution in [1.29, 1.82) is 0 Å². The van der Waals surface area contributed by atoms with E-state index in [0.29, 0.717) is 47.8 Å². The maximum atomic E-state index is 14.9. The number of hydrogen-bond donors (Lipinski definition) is 1. The highest BCUT2D eigenvalue weighted by Crippen LogP contribution is 2.40. The summed E-state index contributed by atoms with van der Waals surface area (Å²) in [5, 5.41) is 3.66. The average Bonchev–Trinajstić information content (AvgIpc) is 3.17. The quantitative estimate of drug-likeness (QED) is 0.351. The van der Waals surface area contributed by atoms with Crippen molar-refractivity contribution in [2.75, 3.05) is 18.5 Å². The smallest absolute Gasteiger partial charge is 0.201 e. The molecule has 0 radical (unpaired) electrons. The summed E-state index contributed by atoms with van der Waals surface area (Å²) >= 11 is 6.42. The Bertz CT molecular complexity index is 1300. The third kappa shape index (κ3) is 4.04. The van der Waals surface area contributed by atoms with Gasteiger partial charge in [0.25, 0.3) is 0 Å². The minimum absolute atomic E-state index is 0.0133. The van der Waals surface area contributed by atoms with Crippen LogP contribution in [0.3, 0.4) is 0 Å². The van der Waals surface area contributed by atoms with Gasteiger partial charge in [0.05, 0.1) is 16.7 Å². The first-order valence-corrected chi connectivity index (χ1v) is 11.2. The van der Waals surface area contributed by atoms with Gasteiger partial charge in [0.15, 0.2) is 11.5 Å². The first kappa shape index (κ1) is 21.4. The third-order valence-electron chi connectivity index (χ3n) is 5.51. The number of nitrogens with one attached hydrogen (secondary N) is 1. The lowest BCUT2D eigenvalue weighted by molar-refractivity contribution is 0.171. The molecular formula is C25H23ClFN3O3. The third-order valence-corrected chi connectivity index (χ3v) is 5.82. The number of benzene rings is 2. The van der Waals surface area contributed by atoms with Gasteiger partial charge in [-0.25, -0.2) is 13.8 Å². The van der Waals surface area contributed by atoms with E-state index in [1.165, 1.54) is 6.07 Å². The van der Waals surface area contributed by atoms with Crippen LogP contribution >= 0.6 is 11.6 Å². The Morgan fingerprint density at radius 2 is 1.91 bits per heavy atom. The lowest BCUT2D eigenvalue weighted by Crippen LogP contribution is -2.15. The number of halogens is 2. The van der Waals surface area contributed by atoms with Crippen molar-refractivity contribution >= 4 is 28.8 Å². The maximum absolute atomic E-state index is 14.9. The average molecular weight is 468 g/mol. The van der Waals surface area contributed by atoms with Crippen LogP contribution in [0, 0.1) is 5.82 Å². The summed E-state index contributed by atoms with van der Waals surface area (Å²) < 4.78 is 34.3. The number of fused-ring (bicyclic) bond motifs is 2. The van der Waals surface area contributed by atoms with Crippen molar-refractivity contribution in [2.45, 2.75) is 26.4 Å². The molecule has 0 saturated heterocycles. The number of rotatable bonds is 6. The van der Waals surface area contributed by atoms with Crippen molar-refractivity contribution in [1.82, 2.24) is 9.38 Å². The fourth-order valence-corrected chi connectivity index (χ4v) is 3.97. The van der Waals surface area contributed by atoms with Crippen LogP contribution in [0.1, 0.15) is 20.3 Å². The standard InChI is InChI=1S/C25H23ClFN3O3/c1-3-15(2)33-22-9-5-8-21-29-24(23-17(26)6-4-7-18(23)27)25(30(21)22)28-16-10-11-19-20(14-16)32-13-12-31-19/h4-11,14-15,28H,3,12-13H2,1-2H3. The molecule has 1 aliphatic heterocycles. The van der Waals surface area contributed by atoms with Crippen LogP contribution in [0.2, 0.25) is 5.02 Å². The number of ether oxygens (including phenoxy) is 3. The molecule has 0 aliphatic carbocycles. The topological polar surface area (TPSA) is 57.0 Å². The van der Waals surface area contributed by atoms with Crippen LogP contribution in [-0.4, -0.2) is 28.7 Å². The predicted octanol–water partition coefficient (Wildman–Crippen LogP) is 6.49. The van der Waals surface area contributed by atoms with Crippen LogP contribution in [0.15, 0.2) is 54.6 Å². The highest BCUT2D eigenvalue weighted by molar-refractivity contribution is 6.33. The molecule has 0 amide bonds. The molecule has 1 atom stereocenters. The molecular weight excluding hydrogens is 445 g/mol. The van der Waals surface area contributed by atoms with Crippen molar-refractivity contribution in [3.63, 3.8) is 0 Å². The van der Waals surface area contributed by atoms with Crippen molar-refractivity contribution in [3.05, 3.63) is 65.4 Å². The van der Waals surface area contributed by atoms with Crippen LogP contribution in [0.4, 0.5) is 15.9 Å². The molecule has 6 nitrogen and oxygen atoms in total. The van der Waals surface area contributed by atoms with Gasteiger partial charge in [0.1, 0.15) is 36.2 Å². The lowest BCUT2D eigenvalue weighted by atomic mass is 10.1. The maximum Gasteiger partial charge on any atom is 0.201 e.